The molecule has 1 heterocycles. The molecule has 5 nitrogen and oxygen atoms in total. The molecule has 0 bridgehead atoms. The number of sulfone groups is 1. The van der Waals surface area contributed by atoms with E-state index in [0.29, 0.717) is 5.56 Å². The summed E-state index contributed by atoms with van der Waals surface area (Å²) in [5.74, 6) is -0.0646. The quantitative estimate of drug-likeness (QED) is 0.884. The molecule has 0 aliphatic heterocycles. The lowest BCUT2D eigenvalue weighted by molar-refractivity contribution is 0.594. The van der Waals surface area contributed by atoms with Gasteiger partial charge in [0.15, 0.2) is 0 Å². The van der Waals surface area contributed by atoms with Gasteiger partial charge >= 0.3 is 0 Å². The van der Waals surface area contributed by atoms with Crippen LogP contribution in [0.1, 0.15) is 5.56 Å². The number of hydrogen-bond donors (Lipinski definition) is 1. The van der Waals surface area contributed by atoms with Crippen molar-refractivity contribution in [2.75, 3.05) is 12.0 Å². The predicted octanol–water partition coefficient (Wildman–Crippen LogP) is 0.505. The molecule has 0 saturated carbocycles. The lowest BCUT2D eigenvalue weighted by Crippen LogP contribution is -2.28. The summed E-state index contributed by atoms with van der Waals surface area (Å²) in [6.07, 6.45) is 1.16. The summed E-state index contributed by atoms with van der Waals surface area (Å²) >= 11 is 0. The maximum Gasteiger partial charge on any atom is 0.255 e. The Bertz CT molecular complexity index is 763. The smallest absolute Gasteiger partial charge is 0.255 e. The van der Waals surface area contributed by atoms with Gasteiger partial charge in [0, 0.05) is 24.9 Å². The van der Waals surface area contributed by atoms with Crippen molar-refractivity contribution < 1.29 is 8.42 Å². The molecule has 0 fully saturated rings. The minimum absolute atomic E-state index is 0.0646. The van der Waals surface area contributed by atoms with E-state index in [4.69, 9.17) is 5.73 Å². The molecule has 0 amide bonds. The average molecular weight is 280 g/mol. The van der Waals surface area contributed by atoms with Crippen molar-refractivity contribution in [3.05, 3.63) is 46.2 Å². The summed E-state index contributed by atoms with van der Waals surface area (Å²) in [6.45, 7) is 0.286. The van der Waals surface area contributed by atoms with E-state index in [9.17, 15) is 13.2 Å². The monoisotopic (exact) mass is 280 g/mol. The zero-order valence-corrected chi connectivity index (χ0v) is 11.5. The van der Waals surface area contributed by atoms with Crippen molar-refractivity contribution in [3.8, 4) is 0 Å². The van der Waals surface area contributed by atoms with Crippen LogP contribution in [0, 0.1) is 0 Å². The highest BCUT2D eigenvalue weighted by Crippen LogP contribution is 2.13. The number of benzene rings is 1. The van der Waals surface area contributed by atoms with Gasteiger partial charge in [-0.05, 0) is 17.5 Å². The van der Waals surface area contributed by atoms with Crippen LogP contribution in [0.5, 0.6) is 0 Å². The average Bonchev–Trinajstić information content (AvgIpc) is 2.36. The first-order chi connectivity index (χ1) is 8.92. The number of nitrogens with two attached hydrogens (primary N) is 1. The van der Waals surface area contributed by atoms with E-state index >= 15 is 0 Å². The number of para-hydroxylation sites is 1. The molecule has 2 aromatic rings. The second-order valence-corrected chi connectivity index (χ2v) is 6.78. The molecule has 1 aromatic carbocycles. The first-order valence-electron chi connectivity index (χ1n) is 5.91. The van der Waals surface area contributed by atoms with Gasteiger partial charge in [-0.3, -0.25) is 4.79 Å². The van der Waals surface area contributed by atoms with E-state index in [1.54, 1.807) is 12.1 Å². The van der Waals surface area contributed by atoms with Crippen molar-refractivity contribution in [2.24, 2.45) is 5.73 Å². The molecule has 19 heavy (non-hydrogen) atoms. The van der Waals surface area contributed by atoms with Crippen molar-refractivity contribution in [1.82, 2.24) is 4.57 Å². The molecular formula is C13H16N2O3S. The zero-order chi connectivity index (χ0) is 14.0. The van der Waals surface area contributed by atoms with Crippen LogP contribution in [-0.4, -0.2) is 25.0 Å². The van der Waals surface area contributed by atoms with E-state index in [1.807, 2.05) is 18.2 Å². The van der Waals surface area contributed by atoms with E-state index in [0.717, 1.165) is 17.2 Å². The van der Waals surface area contributed by atoms with Gasteiger partial charge in [-0.15, -0.1) is 0 Å². The zero-order valence-electron chi connectivity index (χ0n) is 10.7. The van der Waals surface area contributed by atoms with E-state index in [-0.39, 0.29) is 24.4 Å². The number of rotatable bonds is 4. The largest absolute Gasteiger partial charge is 0.326 e. The molecule has 0 aliphatic carbocycles. The van der Waals surface area contributed by atoms with E-state index in [2.05, 4.69) is 0 Å². The first kappa shape index (κ1) is 13.8. The standard InChI is InChI=1S/C13H16N2O3S/c1-19(17,18)7-6-15-12-5-3-2-4-10(12)8-11(9-14)13(15)16/h2-5,8H,6-7,9,14H2,1H3. The Labute approximate surface area is 111 Å². The third-order valence-corrected chi connectivity index (χ3v) is 3.91. The van der Waals surface area contributed by atoms with Crippen LogP contribution in [-0.2, 0) is 22.9 Å². The molecule has 0 atom stereocenters. The number of aromatic nitrogens is 1. The molecule has 1 aromatic heterocycles. The Hall–Kier alpha value is -1.66. The summed E-state index contributed by atoms with van der Waals surface area (Å²) in [7, 11) is -3.12. The maximum absolute atomic E-state index is 12.2. The van der Waals surface area contributed by atoms with Crippen LogP contribution in [0.4, 0.5) is 0 Å². The molecule has 0 aliphatic rings. The van der Waals surface area contributed by atoms with Crippen molar-refractivity contribution >= 4 is 20.7 Å². The Morgan fingerprint density at radius 3 is 2.58 bits per heavy atom. The Kier molecular flexibility index (Phi) is 3.73. The van der Waals surface area contributed by atoms with Gasteiger partial charge < -0.3 is 10.3 Å². The van der Waals surface area contributed by atoms with Crippen LogP contribution < -0.4 is 11.3 Å². The van der Waals surface area contributed by atoms with Crippen molar-refractivity contribution in [3.63, 3.8) is 0 Å². The van der Waals surface area contributed by atoms with Crippen molar-refractivity contribution in [2.45, 2.75) is 13.1 Å². The number of nitrogens with zero attached hydrogens (tertiary/aromatic N) is 1. The number of hydrogen-bond acceptors (Lipinski definition) is 4. The molecule has 0 radical (unpaired) electrons. The van der Waals surface area contributed by atoms with Crippen LogP contribution in [0.15, 0.2) is 35.1 Å². The lowest BCUT2D eigenvalue weighted by atomic mass is 10.1. The van der Waals surface area contributed by atoms with Crippen molar-refractivity contribution in [1.29, 1.82) is 0 Å². The van der Waals surface area contributed by atoms with Crippen LogP contribution in [0.2, 0.25) is 0 Å². The van der Waals surface area contributed by atoms with Crippen LogP contribution >= 0.6 is 0 Å². The third kappa shape index (κ3) is 3.02. The fraction of sp³-hybridized carbons (Fsp3) is 0.308. The summed E-state index contributed by atoms with van der Waals surface area (Å²) in [5, 5.41) is 0.885. The first-order valence-corrected chi connectivity index (χ1v) is 7.97. The highest BCUT2D eigenvalue weighted by atomic mass is 32.2. The third-order valence-electron chi connectivity index (χ3n) is 2.98. The van der Waals surface area contributed by atoms with Gasteiger partial charge in [0.2, 0.25) is 0 Å². The molecule has 2 rings (SSSR count). The normalized spacial score (nSPS) is 11.9. The highest BCUT2D eigenvalue weighted by Gasteiger charge is 2.10. The van der Waals surface area contributed by atoms with Gasteiger partial charge in [-0.2, -0.15) is 0 Å². The lowest BCUT2D eigenvalue weighted by Gasteiger charge is -2.11. The summed E-state index contributed by atoms with van der Waals surface area (Å²) in [5.41, 5.74) is 6.57. The van der Waals surface area contributed by atoms with Crippen LogP contribution in [0.25, 0.3) is 10.9 Å². The second-order valence-electron chi connectivity index (χ2n) is 4.52. The van der Waals surface area contributed by atoms with E-state index < -0.39 is 9.84 Å². The Morgan fingerprint density at radius 2 is 1.95 bits per heavy atom. The summed E-state index contributed by atoms with van der Waals surface area (Å²) in [6, 6.07) is 9.13. The van der Waals surface area contributed by atoms with Gasteiger partial charge in [0.05, 0.1) is 11.3 Å². The molecule has 0 unspecified atom stereocenters. The second kappa shape index (κ2) is 5.14. The molecule has 2 N–H and O–H groups in total. The summed E-state index contributed by atoms with van der Waals surface area (Å²) in [4.78, 5) is 12.2. The number of aryl methyl sites for hydroxylation is 1. The fourth-order valence-corrected chi connectivity index (χ4v) is 2.53. The maximum atomic E-state index is 12.2. The molecule has 102 valence electrons. The fourth-order valence-electron chi connectivity index (χ4n) is 2.01. The minimum Gasteiger partial charge on any atom is -0.326 e. The molecular weight excluding hydrogens is 264 g/mol. The van der Waals surface area contributed by atoms with Gasteiger partial charge in [0.1, 0.15) is 9.84 Å². The molecule has 0 saturated heterocycles. The summed E-state index contributed by atoms with van der Waals surface area (Å²) < 4.78 is 24.0. The minimum atomic E-state index is -3.12. The SMILES string of the molecule is CS(=O)(=O)CCn1c(=O)c(CN)cc2ccccc21. The Balaban J connectivity index is 2.62. The predicted molar refractivity (Wildman–Crippen MR) is 75.8 cm³/mol. The van der Waals surface area contributed by atoms with Gasteiger partial charge in [0.25, 0.3) is 5.56 Å². The molecule has 6 heteroatoms. The number of fused-ring (bicyclic) bond motifs is 1. The van der Waals surface area contributed by atoms with Gasteiger partial charge in [-0.25, -0.2) is 8.42 Å². The van der Waals surface area contributed by atoms with Crippen LogP contribution in [0.3, 0.4) is 0 Å². The Morgan fingerprint density at radius 1 is 1.26 bits per heavy atom. The van der Waals surface area contributed by atoms with E-state index in [1.165, 1.54) is 4.57 Å². The highest BCUT2D eigenvalue weighted by molar-refractivity contribution is 7.90. The number of pyridine rings is 1. The van der Waals surface area contributed by atoms with Gasteiger partial charge in [-0.1, -0.05) is 18.2 Å². The topological polar surface area (TPSA) is 82.2 Å². The molecule has 0 spiro atoms.